The number of rotatable bonds is 9. The number of hydrazine groups is 2. The topological polar surface area (TPSA) is 30.5 Å². The number of nitrogens with zero attached hydrogens (tertiary/aromatic N) is 2. The molecule has 4 nitrogen and oxygen atoms in total. The van der Waals surface area contributed by atoms with Crippen molar-refractivity contribution in [1.82, 2.24) is 0 Å². The average Bonchev–Trinajstić information content (AvgIpc) is 3.17. The lowest BCUT2D eigenvalue weighted by Crippen LogP contribution is -2.24. The predicted octanol–water partition coefficient (Wildman–Crippen LogP) is 12.0. The van der Waals surface area contributed by atoms with E-state index in [1.54, 1.807) is 0 Å². The van der Waals surface area contributed by atoms with Crippen LogP contribution in [0.15, 0.2) is 194 Å². The molecule has 0 heterocycles. The van der Waals surface area contributed by atoms with Gasteiger partial charge in [0, 0.05) is 10.8 Å². The first-order chi connectivity index (χ1) is 23.8. The van der Waals surface area contributed by atoms with E-state index in [-0.39, 0.29) is 0 Å². The van der Waals surface area contributed by atoms with Crippen molar-refractivity contribution < 1.29 is 0 Å². The van der Waals surface area contributed by atoms with Crippen LogP contribution in [0, 0.1) is 0 Å². The van der Waals surface area contributed by atoms with Gasteiger partial charge in [0.05, 0.1) is 34.1 Å². The van der Waals surface area contributed by atoms with E-state index in [1.807, 2.05) is 36.4 Å². The van der Waals surface area contributed by atoms with Crippen molar-refractivity contribution in [3.63, 3.8) is 0 Å². The third-order valence-corrected chi connectivity index (χ3v) is 8.63. The average molecular weight is 619 g/mol. The highest BCUT2D eigenvalue weighted by Crippen LogP contribution is 2.36. The Morgan fingerprint density at radius 1 is 0.292 bits per heavy atom. The Bertz CT molecular complexity index is 2110. The molecule has 8 aromatic carbocycles. The summed E-state index contributed by atoms with van der Waals surface area (Å²) in [6.07, 6.45) is 0. The number of hydrogen-bond acceptors (Lipinski definition) is 4. The maximum atomic E-state index is 3.65. The molecule has 0 aliphatic carbocycles. The Kier molecular flexibility index (Phi) is 7.87. The lowest BCUT2D eigenvalue weighted by Gasteiger charge is -2.28. The molecule has 8 rings (SSSR count). The summed E-state index contributed by atoms with van der Waals surface area (Å²) < 4.78 is 0. The molecule has 230 valence electrons. The summed E-state index contributed by atoms with van der Waals surface area (Å²) in [4.78, 5) is 0. The molecule has 0 unspecified atom stereocenters. The largest absolute Gasteiger partial charge is 0.294 e. The summed E-state index contributed by atoms with van der Waals surface area (Å²) >= 11 is 0. The zero-order valence-corrected chi connectivity index (χ0v) is 26.4. The molecule has 0 radical (unpaired) electrons. The van der Waals surface area contributed by atoms with Crippen molar-refractivity contribution in [1.29, 1.82) is 0 Å². The second-order valence-corrected chi connectivity index (χ2v) is 11.7. The molecule has 0 fully saturated rings. The number of hydrogen-bond donors (Lipinski definition) is 2. The molecular formula is C44H34N4. The SMILES string of the molecule is c1ccc(NN(c2ccc(-c3ccc(N(Nc4ccccc4)c4cccc5ccccc45)cc3)cc2)c2cccc3ccccc23)cc1. The van der Waals surface area contributed by atoms with E-state index in [2.05, 4.69) is 179 Å². The molecule has 0 atom stereocenters. The molecule has 48 heavy (non-hydrogen) atoms. The standard InChI is InChI=1S/C44H34N4/c1-3-17-37(18-4-1)45-47(43-23-11-15-35-13-7-9-21-41(35)43)39-29-25-33(26-30-39)34-27-31-40(32-28-34)48(46-38-19-5-2-6-20-38)44-24-12-16-36-14-8-10-22-42(36)44/h1-32,45-46H. The summed E-state index contributed by atoms with van der Waals surface area (Å²) in [5.41, 5.74) is 15.9. The van der Waals surface area contributed by atoms with Crippen LogP contribution in [0.4, 0.5) is 34.1 Å². The Labute approximate surface area is 281 Å². The number of anilines is 6. The van der Waals surface area contributed by atoms with Crippen molar-refractivity contribution >= 4 is 55.7 Å². The number of benzene rings is 8. The van der Waals surface area contributed by atoms with Crippen molar-refractivity contribution in [3.8, 4) is 11.1 Å². The van der Waals surface area contributed by atoms with E-state index in [1.165, 1.54) is 21.5 Å². The van der Waals surface area contributed by atoms with Crippen LogP contribution in [0.5, 0.6) is 0 Å². The maximum absolute atomic E-state index is 3.65. The smallest absolute Gasteiger partial charge is 0.0708 e. The Balaban J connectivity index is 1.12. The molecule has 8 aromatic rings. The highest BCUT2D eigenvalue weighted by Gasteiger charge is 2.15. The molecule has 0 aromatic heterocycles. The highest BCUT2D eigenvalue weighted by atomic mass is 15.5. The highest BCUT2D eigenvalue weighted by molar-refractivity contribution is 5.98. The van der Waals surface area contributed by atoms with Crippen LogP contribution >= 0.6 is 0 Å². The fourth-order valence-corrected chi connectivity index (χ4v) is 6.22. The minimum Gasteiger partial charge on any atom is -0.294 e. The summed E-state index contributed by atoms with van der Waals surface area (Å²) in [6.45, 7) is 0. The second-order valence-electron chi connectivity index (χ2n) is 11.7. The van der Waals surface area contributed by atoms with Crippen molar-refractivity contribution in [2.24, 2.45) is 0 Å². The van der Waals surface area contributed by atoms with Crippen LogP contribution < -0.4 is 20.9 Å². The van der Waals surface area contributed by atoms with Gasteiger partial charge in [0.2, 0.25) is 0 Å². The number of fused-ring (bicyclic) bond motifs is 2. The third kappa shape index (κ3) is 5.91. The first-order valence-electron chi connectivity index (χ1n) is 16.2. The molecule has 0 saturated heterocycles. The van der Waals surface area contributed by atoms with Crippen LogP contribution in [0.25, 0.3) is 32.7 Å². The van der Waals surface area contributed by atoms with Gasteiger partial charge in [-0.2, -0.15) is 0 Å². The lowest BCUT2D eigenvalue weighted by molar-refractivity contribution is 1.17. The molecule has 0 spiro atoms. The molecule has 0 amide bonds. The summed E-state index contributed by atoms with van der Waals surface area (Å²) in [5.74, 6) is 0. The van der Waals surface area contributed by atoms with Gasteiger partial charge in [-0.3, -0.25) is 20.9 Å². The number of nitrogens with one attached hydrogen (secondary N) is 2. The van der Waals surface area contributed by atoms with Gasteiger partial charge >= 0.3 is 0 Å². The maximum Gasteiger partial charge on any atom is 0.0708 e. The Morgan fingerprint density at radius 3 is 1.06 bits per heavy atom. The Hall–Kier alpha value is -6.52. The van der Waals surface area contributed by atoms with Gasteiger partial charge in [-0.15, -0.1) is 0 Å². The quantitative estimate of drug-likeness (QED) is 0.158. The fourth-order valence-electron chi connectivity index (χ4n) is 6.22. The van der Waals surface area contributed by atoms with Gasteiger partial charge in [0.1, 0.15) is 0 Å². The van der Waals surface area contributed by atoms with Gasteiger partial charge in [-0.1, -0.05) is 133 Å². The van der Waals surface area contributed by atoms with Gasteiger partial charge < -0.3 is 0 Å². The van der Waals surface area contributed by atoms with E-state index < -0.39 is 0 Å². The van der Waals surface area contributed by atoms with E-state index in [0.29, 0.717) is 0 Å². The van der Waals surface area contributed by atoms with Crippen LogP contribution in [0.2, 0.25) is 0 Å². The first-order valence-corrected chi connectivity index (χ1v) is 16.2. The summed E-state index contributed by atoms with van der Waals surface area (Å²) in [5, 5.41) is 9.10. The van der Waals surface area contributed by atoms with Gasteiger partial charge in [-0.25, -0.2) is 0 Å². The van der Waals surface area contributed by atoms with Gasteiger partial charge in [-0.05, 0) is 82.6 Å². The van der Waals surface area contributed by atoms with Crippen LogP contribution in [0.3, 0.4) is 0 Å². The normalized spacial score (nSPS) is 10.9. The van der Waals surface area contributed by atoms with E-state index in [4.69, 9.17) is 0 Å². The van der Waals surface area contributed by atoms with Crippen molar-refractivity contribution in [3.05, 3.63) is 194 Å². The lowest BCUT2D eigenvalue weighted by atomic mass is 10.0. The van der Waals surface area contributed by atoms with Crippen molar-refractivity contribution in [2.75, 3.05) is 20.9 Å². The molecule has 0 aliphatic heterocycles. The zero-order chi connectivity index (χ0) is 32.1. The first kappa shape index (κ1) is 28.9. The van der Waals surface area contributed by atoms with E-state index >= 15 is 0 Å². The summed E-state index contributed by atoms with van der Waals surface area (Å²) in [7, 11) is 0. The molecule has 0 bridgehead atoms. The minimum atomic E-state index is 1.02. The van der Waals surface area contributed by atoms with E-state index in [0.717, 1.165) is 45.3 Å². The third-order valence-electron chi connectivity index (χ3n) is 8.63. The van der Waals surface area contributed by atoms with E-state index in [9.17, 15) is 0 Å². The molecule has 2 N–H and O–H groups in total. The predicted molar refractivity (Wildman–Crippen MR) is 204 cm³/mol. The minimum absolute atomic E-state index is 1.02. The Morgan fingerprint density at radius 2 is 0.646 bits per heavy atom. The van der Waals surface area contributed by atoms with Crippen molar-refractivity contribution in [2.45, 2.75) is 0 Å². The van der Waals surface area contributed by atoms with Crippen LogP contribution in [-0.4, -0.2) is 0 Å². The molecule has 0 aliphatic rings. The van der Waals surface area contributed by atoms with Gasteiger partial charge in [0.25, 0.3) is 0 Å². The second kappa shape index (κ2) is 13.1. The zero-order valence-electron chi connectivity index (χ0n) is 26.4. The fraction of sp³-hybridized carbons (Fsp3) is 0. The number of para-hydroxylation sites is 2. The molecular weight excluding hydrogens is 585 g/mol. The molecule has 4 heteroatoms. The van der Waals surface area contributed by atoms with Crippen LogP contribution in [0.1, 0.15) is 0 Å². The van der Waals surface area contributed by atoms with Crippen LogP contribution in [-0.2, 0) is 0 Å². The van der Waals surface area contributed by atoms with Gasteiger partial charge in [0.15, 0.2) is 0 Å². The monoisotopic (exact) mass is 618 g/mol. The summed E-state index contributed by atoms with van der Waals surface area (Å²) in [6, 6.07) is 68.0. The molecule has 0 saturated carbocycles.